The molecular weight excluding hydrogens is 756 g/mol. The maximum Gasteiger partial charge on any atom is 0.416 e. The standard InChI is InChI=1S/C57H34F3N/c58-57(59,60)35-25-27-36(28-26-35)61(37-29-31-45-43-17-5-11-23-51(43)55(53(45)33-37)47-19-7-1-13-39(47)40-14-2-8-20-48(40)55)38-30-32-46-44-18-6-12-24-52(44)56(54(46)34-38)49-21-9-3-15-41(49)42-16-4-10-22-50(42)56/h1-34H. The summed E-state index contributed by atoms with van der Waals surface area (Å²) in [6, 6.07) is 71.2. The van der Waals surface area contributed by atoms with E-state index in [2.05, 4.69) is 187 Å². The fourth-order valence-corrected chi connectivity index (χ4v) is 11.7. The van der Waals surface area contributed by atoms with E-state index in [1.54, 1.807) is 12.1 Å². The Labute approximate surface area is 351 Å². The van der Waals surface area contributed by atoms with Crippen molar-refractivity contribution in [2.24, 2.45) is 0 Å². The summed E-state index contributed by atoms with van der Waals surface area (Å²) in [5.74, 6) is 0. The second kappa shape index (κ2) is 12.1. The van der Waals surface area contributed by atoms with Crippen molar-refractivity contribution in [2.45, 2.75) is 17.0 Å². The zero-order valence-corrected chi connectivity index (χ0v) is 32.7. The quantitative estimate of drug-likeness (QED) is 0.172. The lowest BCUT2D eigenvalue weighted by Crippen LogP contribution is -2.26. The Hall–Kier alpha value is -7.43. The minimum atomic E-state index is -4.46. The molecule has 9 aromatic carbocycles. The topological polar surface area (TPSA) is 3.24 Å². The largest absolute Gasteiger partial charge is 0.416 e. The third kappa shape index (κ3) is 4.31. The number of alkyl halides is 3. The Morgan fingerprint density at radius 2 is 0.541 bits per heavy atom. The lowest BCUT2D eigenvalue weighted by atomic mass is 9.70. The van der Waals surface area contributed by atoms with Crippen LogP contribution in [0.2, 0.25) is 0 Å². The van der Waals surface area contributed by atoms with E-state index >= 15 is 0 Å². The number of hydrogen-bond donors (Lipinski definition) is 0. The first kappa shape index (κ1) is 34.4. The number of halogens is 3. The molecular formula is C57H34F3N. The average Bonchev–Trinajstić information content (AvgIpc) is 3.98. The molecule has 0 saturated carbocycles. The first-order chi connectivity index (χ1) is 29.9. The molecule has 0 saturated heterocycles. The summed E-state index contributed by atoms with van der Waals surface area (Å²) in [6.45, 7) is 0. The maximum atomic E-state index is 14.1. The molecule has 0 radical (unpaired) electrons. The van der Waals surface area contributed by atoms with Gasteiger partial charge in [0.1, 0.15) is 0 Å². The van der Waals surface area contributed by atoms with Crippen LogP contribution in [0, 0.1) is 0 Å². The molecule has 4 aliphatic carbocycles. The molecule has 0 aliphatic heterocycles. The third-order valence-electron chi connectivity index (χ3n) is 13.9. The molecule has 0 N–H and O–H groups in total. The van der Waals surface area contributed by atoms with Crippen LogP contribution >= 0.6 is 0 Å². The SMILES string of the molecule is FC(F)(F)c1ccc(N(c2ccc3c(c2)C2(c4ccccc4-c4ccccc42)c2ccccc2-3)c2ccc3c(c2)C2(c4ccccc4-c4ccccc42)c2ccccc2-3)cc1. The third-order valence-corrected chi connectivity index (χ3v) is 13.9. The van der Waals surface area contributed by atoms with Crippen molar-refractivity contribution in [2.75, 3.05) is 4.90 Å². The monoisotopic (exact) mass is 789 g/mol. The van der Waals surface area contributed by atoms with Gasteiger partial charge in [-0.1, -0.05) is 158 Å². The molecule has 0 heterocycles. The van der Waals surface area contributed by atoms with Gasteiger partial charge in [-0.3, -0.25) is 0 Å². The van der Waals surface area contributed by atoms with Gasteiger partial charge in [0.15, 0.2) is 0 Å². The highest BCUT2D eigenvalue weighted by Gasteiger charge is 2.53. The molecule has 0 atom stereocenters. The van der Waals surface area contributed by atoms with E-state index in [1.165, 1.54) is 78.9 Å². The Morgan fingerprint density at radius 3 is 0.836 bits per heavy atom. The molecule has 0 fully saturated rings. The molecule has 0 unspecified atom stereocenters. The molecule has 0 bridgehead atoms. The summed E-state index contributed by atoms with van der Waals surface area (Å²) in [5, 5.41) is 0. The van der Waals surface area contributed by atoms with E-state index in [-0.39, 0.29) is 0 Å². The van der Waals surface area contributed by atoms with Crippen LogP contribution < -0.4 is 4.90 Å². The zero-order valence-electron chi connectivity index (χ0n) is 32.7. The van der Waals surface area contributed by atoms with Gasteiger partial charge in [-0.2, -0.15) is 13.2 Å². The van der Waals surface area contributed by atoms with Gasteiger partial charge in [0.05, 0.1) is 16.4 Å². The van der Waals surface area contributed by atoms with Gasteiger partial charge >= 0.3 is 6.18 Å². The molecule has 1 nitrogen and oxygen atoms in total. The summed E-state index contributed by atoms with van der Waals surface area (Å²) in [6.07, 6.45) is -4.46. The van der Waals surface area contributed by atoms with Crippen LogP contribution in [-0.2, 0) is 17.0 Å². The van der Waals surface area contributed by atoms with Crippen LogP contribution in [0.15, 0.2) is 206 Å². The molecule has 0 aromatic heterocycles. The van der Waals surface area contributed by atoms with E-state index in [0.717, 1.165) is 33.6 Å². The zero-order chi connectivity index (χ0) is 40.7. The maximum absolute atomic E-state index is 14.1. The molecule has 9 aromatic rings. The lowest BCUT2D eigenvalue weighted by molar-refractivity contribution is -0.137. The molecule has 61 heavy (non-hydrogen) atoms. The van der Waals surface area contributed by atoms with Crippen LogP contribution in [-0.4, -0.2) is 0 Å². The Balaban J connectivity index is 1.08. The minimum absolute atomic E-state index is 0.582. The van der Waals surface area contributed by atoms with Crippen molar-refractivity contribution in [3.05, 3.63) is 256 Å². The van der Waals surface area contributed by atoms with Gasteiger partial charge in [-0.25, -0.2) is 0 Å². The summed E-state index contributed by atoms with van der Waals surface area (Å²) in [5.41, 5.74) is 19.8. The van der Waals surface area contributed by atoms with Crippen molar-refractivity contribution < 1.29 is 13.2 Å². The summed E-state index contributed by atoms with van der Waals surface area (Å²) in [4.78, 5) is 2.15. The molecule has 2 spiro atoms. The average molecular weight is 790 g/mol. The second-order valence-corrected chi connectivity index (χ2v) is 16.6. The van der Waals surface area contributed by atoms with E-state index in [4.69, 9.17) is 0 Å². The smallest absolute Gasteiger partial charge is 0.310 e. The van der Waals surface area contributed by atoms with Crippen LogP contribution in [0.3, 0.4) is 0 Å². The first-order valence-electron chi connectivity index (χ1n) is 20.7. The van der Waals surface area contributed by atoms with Gasteiger partial charge in [-0.05, 0) is 138 Å². The predicted octanol–water partition coefficient (Wildman–Crippen LogP) is 14.9. The number of nitrogens with zero attached hydrogens (tertiary/aromatic N) is 1. The molecule has 4 aliphatic rings. The fourth-order valence-electron chi connectivity index (χ4n) is 11.7. The Morgan fingerprint density at radius 1 is 0.279 bits per heavy atom. The Bertz CT molecular complexity index is 3000. The van der Waals surface area contributed by atoms with E-state index < -0.39 is 22.6 Å². The summed E-state index contributed by atoms with van der Waals surface area (Å²) < 4.78 is 42.4. The van der Waals surface area contributed by atoms with E-state index in [1.807, 2.05) is 0 Å². The number of rotatable bonds is 3. The van der Waals surface area contributed by atoms with Crippen molar-refractivity contribution in [3.63, 3.8) is 0 Å². The van der Waals surface area contributed by atoms with Crippen LogP contribution in [0.1, 0.15) is 50.1 Å². The van der Waals surface area contributed by atoms with E-state index in [0.29, 0.717) is 5.69 Å². The van der Waals surface area contributed by atoms with Crippen molar-refractivity contribution in [1.29, 1.82) is 0 Å². The van der Waals surface area contributed by atoms with Gasteiger partial charge in [0, 0.05) is 17.1 Å². The highest BCUT2D eigenvalue weighted by molar-refractivity contribution is 5.98. The second-order valence-electron chi connectivity index (χ2n) is 16.6. The van der Waals surface area contributed by atoms with Gasteiger partial charge < -0.3 is 4.90 Å². The molecule has 0 amide bonds. The number of fused-ring (bicyclic) bond motifs is 20. The summed E-state index contributed by atoms with van der Waals surface area (Å²) in [7, 11) is 0. The highest BCUT2D eigenvalue weighted by Crippen LogP contribution is 2.65. The highest BCUT2D eigenvalue weighted by atomic mass is 19.4. The predicted molar refractivity (Wildman–Crippen MR) is 239 cm³/mol. The Kier molecular flexibility index (Phi) is 6.82. The summed E-state index contributed by atoms with van der Waals surface area (Å²) >= 11 is 0. The fraction of sp³-hybridized carbons (Fsp3) is 0.0526. The lowest BCUT2D eigenvalue weighted by Gasteiger charge is -2.33. The van der Waals surface area contributed by atoms with Gasteiger partial charge in [-0.15, -0.1) is 0 Å². The van der Waals surface area contributed by atoms with Crippen molar-refractivity contribution in [3.8, 4) is 44.5 Å². The number of benzene rings is 9. The minimum Gasteiger partial charge on any atom is -0.310 e. The normalized spacial score (nSPS) is 14.7. The van der Waals surface area contributed by atoms with Crippen LogP contribution in [0.4, 0.5) is 30.2 Å². The van der Waals surface area contributed by atoms with E-state index in [9.17, 15) is 13.2 Å². The molecule has 13 rings (SSSR count). The van der Waals surface area contributed by atoms with Crippen LogP contribution in [0.5, 0.6) is 0 Å². The van der Waals surface area contributed by atoms with Gasteiger partial charge in [0.25, 0.3) is 0 Å². The van der Waals surface area contributed by atoms with Crippen molar-refractivity contribution >= 4 is 17.1 Å². The van der Waals surface area contributed by atoms with Gasteiger partial charge in [0.2, 0.25) is 0 Å². The van der Waals surface area contributed by atoms with Crippen molar-refractivity contribution in [1.82, 2.24) is 0 Å². The van der Waals surface area contributed by atoms with Crippen LogP contribution in [0.25, 0.3) is 44.5 Å². The molecule has 4 heteroatoms. The number of hydrogen-bond acceptors (Lipinski definition) is 1. The first-order valence-corrected chi connectivity index (χ1v) is 20.7. The molecule has 288 valence electrons. The number of anilines is 3.